The zero-order valence-corrected chi connectivity index (χ0v) is 13.6. The fraction of sp³-hybridized carbons (Fsp3) is 0.462. The van der Waals surface area contributed by atoms with E-state index in [0.29, 0.717) is 0 Å². The molecule has 0 saturated carbocycles. The number of rotatable bonds is 7. The van der Waals surface area contributed by atoms with Crippen LogP contribution in [0.1, 0.15) is 24.2 Å². The summed E-state index contributed by atoms with van der Waals surface area (Å²) in [5.41, 5.74) is -0.242. The maximum Gasteiger partial charge on any atom is 0.337 e. The first-order valence-corrected chi connectivity index (χ1v) is 8.07. The lowest BCUT2D eigenvalue weighted by molar-refractivity contribution is 0.0697. The van der Waals surface area contributed by atoms with Crippen molar-refractivity contribution in [2.75, 3.05) is 20.3 Å². The van der Waals surface area contributed by atoms with Crippen LogP contribution < -0.4 is 0 Å². The number of methoxy groups -OCH3 is 1. The predicted octanol–water partition coefficient (Wildman–Crippen LogP) is 2.08. The van der Waals surface area contributed by atoms with Crippen molar-refractivity contribution >= 4 is 27.6 Å². The number of nitrogens with zero attached hydrogens (tertiary/aromatic N) is 1. The van der Waals surface area contributed by atoms with E-state index in [1.54, 1.807) is 13.8 Å². The summed E-state index contributed by atoms with van der Waals surface area (Å²) in [6.07, 6.45) is 0. The molecule has 0 spiro atoms. The standard InChI is InChI=1S/C13H18ClNO5S/c1-9(2)15(6-7-20-3)21(18,19)10-4-5-12(14)11(8-10)13(16)17/h4-5,8-9H,6-7H2,1-3H3,(H,16,17). The average Bonchev–Trinajstić information content (AvgIpc) is 2.38. The van der Waals surface area contributed by atoms with Gasteiger partial charge in [-0.2, -0.15) is 4.31 Å². The lowest BCUT2D eigenvalue weighted by Crippen LogP contribution is -2.39. The van der Waals surface area contributed by atoms with E-state index in [0.717, 1.165) is 6.07 Å². The molecular formula is C13H18ClNO5S. The first kappa shape index (κ1) is 17.9. The van der Waals surface area contributed by atoms with Crippen molar-refractivity contribution in [2.45, 2.75) is 24.8 Å². The molecule has 8 heteroatoms. The Kier molecular flexibility index (Phi) is 6.15. The van der Waals surface area contributed by atoms with Crippen LogP contribution in [0.5, 0.6) is 0 Å². The molecule has 1 aromatic carbocycles. The molecule has 0 aliphatic rings. The number of carboxylic acids is 1. The van der Waals surface area contributed by atoms with Gasteiger partial charge in [-0.3, -0.25) is 0 Å². The Morgan fingerprint density at radius 3 is 2.52 bits per heavy atom. The van der Waals surface area contributed by atoms with Crippen LogP contribution in [-0.2, 0) is 14.8 Å². The molecule has 0 fully saturated rings. The maximum atomic E-state index is 12.6. The van der Waals surface area contributed by atoms with Crippen LogP contribution in [0.15, 0.2) is 23.1 Å². The SMILES string of the molecule is COCCN(C(C)C)S(=O)(=O)c1ccc(Cl)c(C(=O)O)c1. The van der Waals surface area contributed by atoms with E-state index < -0.39 is 16.0 Å². The van der Waals surface area contributed by atoms with Gasteiger partial charge in [0.05, 0.1) is 22.1 Å². The van der Waals surface area contributed by atoms with Gasteiger partial charge in [0.15, 0.2) is 0 Å². The molecule has 0 radical (unpaired) electrons. The molecule has 0 aliphatic carbocycles. The van der Waals surface area contributed by atoms with Crippen LogP contribution in [0.4, 0.5) is 0 Å². The smallest absolute Gasteiger partial charge is 0.337 e. The zero-order valence-electron chi connectivity index (χ0n) is 12.0. The van der Waals surface area contributed by atoms with Gasteiger partial charge < -0.3 is 9.84 Å². The number of halogens is 1. The third-order valence-electron chi connectivity index (χ3n) is 2.87. The largest absolute Gasteiger partial charge is 0.478 e. The molecule has 0 unspecified atom stereocenters. The molecule has 6 nitrogen and oxygen atoms in total. The fourth-order valence-electron chi connectivity index (χ4n) is 1.80. The van der Waals surface area contributed by atoms with Crippen molar-refractivity contribution in [3.8, 4) is 0 Å². The molecule has 0 bridgehead atoms. The molecule has 0 aliphatic heterocycles. The number of carbonyl (C=O) groups is 1. The molecule has 0 amide bonds. The highest BCUT2D eigenvalue weighted by atomic mass is 35.5. The summed E-state index contributed by atoms with van der Waals surface area (Å²) in [6, 6.07) is 3.36. The minimum Gasteiger partial charge on any atom is -0.478 e. The van der Waals surface area contributed by atoms with Crippen molar-refractivity contribution in [1.82, 2.24) is 4.31 Å². The van der Waals surface area contributed by atoms with E-state index in [1.807, 2.05) is 0 Å². The molecule has 1 N–H and O–H groups in total. The summed E-state index contributed by atoms with van der Waals surface area (Å²) in [7, 11) is -2.33. The summed E-state index contributed by atoms with van der Waals surface area (Å²) < 4.78 is 31.4. The normalized spacial score (nSPS) is 12.1. The second-order valence-corrected chi connectivity index (χ2v) is 6.95. The second kappa shape index (κ2) is 7.22. The monoisotopic (exact) mass is 335 g/mol. The van der Waals surface area contributed by atoms with Gasteiger partial charge in [0, 0.05) is 19.7 Å². The van der Waals surface area contributed by atoms with E-state index in [9.17, 15) is 13.2 Å². The van der Waals surface area contributed by atoms with E-state index in [4.69, 9.17) is 21.4 Å². The summed E-state index contributed by atoms with van der Waals surface area (Å²) in [5.74, 6) is -1.27. The van der Waals surface area contributed by atoms with Crippen molar-refractivity contribution in [2.24, 2.45) is 0 Å². The number of benzene rings is 1. The highest BCUT2D eigenvalue weighted by molar-refractivity contribution is 7.89. The van der Waals surface area contributed by atoms with Gasteiger partial charge in [0.25, 0.3) is 0 Å². The van der Waals surface area contributed by atoms with Crippen LogP contribution in [0.25, 0.3) is 0 Å². The Morgan fingerprint density at radius 2 is 2.05 bits per heavy atom. The zero-order chi connectivity index (χ0) is 16.2. The van der Waals surface area contributed by atoms with E-state index in [-0.39, 0.29) is 34.7 Å². The molecule has 0 saturated heterocycles. The van der Waals surface area contributed by atoms with Gasteiger partial charge >= 0.3 is 5.97 Å². The molecular weight excluding hydrogens is 318 g/mol. The van der Waals surface area contributed by atoms with E-state index >= 15 is 0 Å². The van der Waals surface area contributed by atoms with Gasteiger partial charge in [-0.15, -0.1) is 0 Å². The Hall–Kier alpha value is -1.15. The Bertz CT molecular complexity index is 615. The Labute approximate surface area is 129 Å². The molecule has 0 heterocycles. The topological polar surface area (TPSA) is 83.9 Å². The van der Waals surface area contributed by atoms with Crippen LogP contribution in [0.2, 0.25) is 5.02 Å². The highest BCUT2D eigenvalue weighted by Crippen LogP contribution is 2.24. The second-order valence-electron chi connectivity index (χ2n) is 4.65. The first-order valence-electron chi connectivity index (χ1n) is 6.25. The van der Waals surface area contributed by atoms with Gasteiger partial charge in [0.1, 0.15) is 0 Å². The molecule has 118 valence electrons. The predicted molar refractivity (Wildman–Crippen MR) is 79.3 cm³/mol. The molecule has 1 aromatic rings. The van der Waals surface area contributed by atoms with Crippen LogP contribution in [-0.4, -0.2) is 50.1 Å². The number of hydrogen-bond donors (Lipinski definition) is 1. The number of ether oxygens (including phenoxy) is 1. The van der Waals surface area contributed by atoms with E-state index in [2.05, 4.69) is 0 Å². The van der Waals surface area contributed by atoms with Crippen LogP contribution in [0, 0.1) is 0 Å². The quantitative estimate of drug-likeness (QED) is 0.824. The summed E-state index contributed by atoms with van der Waals surface area (Å²) in [5, 5.41) is 9.03. The number of carboxylic acid groups (broad SMARTS) is 1. The fourth-order valence-corrected chi connectivity index (χ4v) is 3.65. The van der Waals surface area contributed by atoms with Crippen molar-refractivity contribution < 1.29 is 23.1 Å². The number of hydrogen-bond acceptors (Lipinski definition) is 4. The number of aromatic carboxylic acids is 1. The lowest BCUT2D eigenvalue weighted by Gasteiger charge is -2.25. The lowest BCUT2D eigenvalue weighted by atomic mass is 10.2. The Balaban J connectivity index is 3.28. The van der Waals surface area contributed by atoms with Crippen LogP contribution in [0.3, 0.4) is 0 Å². The summed E-state index contributed by atoms with van der Waals surface area (Å²) in [4.78, 5) is 11.0. The van der Waals surface area contributed by atoms with Crippen molar-refractivity contribution in [1.29, 1.82) is 0 Å². The molecule has 21 heavy (non-hydrogen) atoms. The maximum absolute atomic E-state index is 12.6. The van der Waals surface area contributed by atoms with Gasteiger partial charge in [-0.05, 0) is 32.0 Å². The first-order chi connectivity index (χ1) is 9.71. The van der Waals surface area contributed by atoms with Crippen molar-refractivity contribution in [3.05, 3.63) is 28.8 Å². The summed E-state index contributed by atoms with van der Waals surface area (Å²) in [6.45, 7) is 3.90. The van der Waals surface area contributed by atoms with Crippen molar-refractivity contribution in [3.63, 3.8) is 0 Å². The molecule has 0 atom stereocenters. The van der Waals surface area contributed by atoms with Gasteiger partial charge in [-0.25, -0.2) is 13.2 Å². The van der Waals surface area contributed by atoms with Gasteiger partial charge in [-0.1, -0.05) is 11.6 Å². The average molecular weight is 336 g/mol. The van der Waals surface area contributed by atoms with Crippen LogP contribution >= 0.6 is 11.6 Å². The van der Waals surface area contributed by atoms with Gasteiger partial charge in [0.2, 0.25) is 10.0 Å². The molecule has 0 aromatic heterocycles. The summed E-state index contributed by atoms with van der Waals surface area (Å²) >= 11 is 5.76. The number of sulfonamides is 1. The minimum absolute atomic E-state index is 0.00515. The van der Waals surface area contributed by atoms with E-state index in [1.165, 1.54) is 23.5 Å². The Morgan fingerprint density at radius 1 is 1.43 bits per heavy atom. The third-order valence-corrected chi connectivity index (χ3v) is 5.27. The third kappa shape index (κ3) is 4.16. The molecule has 1 rings (SSSR count). The minimum atomic E-state index is -3.81. The highest BCUT2D eigenvalue weighted by Gasteiger charge is 2.28.